The third kappa shape index (κ3) is 14.4. The SMILES string of the molecule is CCC=CCC=CCC=CCC=CCCC(=O)OC. The first-order valence-electron chi connectivity index (χ1n) is 6.98. The third-order valence-corrected chi connectivity index (χ3v) is 2.46. The quantitative estimate of drug-likeness (QED) is 0.419. The minimum atomic E-state index is -0.151. The second-order valence-electron chi connectivity index (χ2n) is 4.12. The molecule has 0 rings (SSSR count). The number of hydrogen-bond acceptors (Lipinski definition) is 2. The van der Waals surface area contributed by atoms with Crippen LogP contribution in [0.25, 0.3) is 0 Å². The van der Waals surface area contributed by atoms with Gasteiger partial charge in [0.05, 0.1) is 7.11 Å². The molecule has 0 saturated carbocycles. The van der Waals surface area contributed by atoms with E-state index in [0.717, 1.165) is 32.1 Å². The fourth-order valence-corrected chi connectivity index (χ4v) is 1.40. The molecule has 0 N–H and O–H groups in total. The van der Waals surface area contributed by atoms with Crippen molar-refractivity contribution in [1.29, 1.82) is 0 Å². The molecule has 106 valence electrons. The first-order valence-corrected chi connectivity index (χ1v) is 6.98. The zero-order valence-corrected chi connectivity index (χ0v) is 12.2. The van der Waals surface area contributed by atoms with Crippen molar-refractivity contribution in [2.45, 2.75) is 45.4 Å². The van der Waals surface area contributed by atoms with Gasteiger partial charge in [-0.25, -0.2) is 0 Å². The van der Waals surface area contributed by atoms with Crippen LogP contribution in [0.1, 0.15) is 45.4 Å². The van der Waals surface area contributed by atoms with E-state index in [1.165, 1.54) is 7.11 Å². The highest BCUT2D eigenvalue weighted by molar-refractivity contribution is 5.69. The van der Waals surface area contributed by atoms with Gasteiger partial charge in [0.15, 0.2) is 0 Å². The van der Waals surface area contributed by atoms with Gasteiger partial charge in [-0.05, 0) is 32.1 Å². The lowest BCUT2D eigenvalue weighted by molar-refractivity contribution is -0.140. The Hall–Kier alpha value is -1.57. The van der Waals surface area contributed by atoms with Crippen LogP contribution in [-0.4, -0.2) is 13.1 Å². The lowest BCUT2D eigenvalue weighted by atomic mass is 10.2. The second kappa shape index (κ2) is 14.5. The molecule has 0 saturated heterocycles. The van der Waals surface area contributed by atoms with Gasteiger partial charge in [-0.2, -0.15) is 0 Å². The number of ether oxygens (including phenoxy) is 1. The zero-order chi connectivity index (χ0) is 14.2. The Morgan fingerprint density at radius 3 is 1.79 bits per heavy atom. The van der Waals surface area contributed by atoms with Gasteiger partial charge in [0, 0.05) is 6.42 Å². The number of esters is 1. The summed E-state index contributed by atoms with van der Waals surface area (Å²) in [5.74, 6) is -0.151. The smallest absolute Gasteiger partial charge is 0.305 e. The largest absolute Gasteiger partial charge is 0.469 e. The van der Waals surface area contributed by atoms with E-state index in [-0.39, 0.29) is 5.97 Å². The lowest BCUT2D eigenvalue weighted by Gasteiger charge is -1.93. The Bertz CT molecular complexity index is 322. The molecular formula is C17H26O2. The minimum absolute atomic E-state index is 0.151. The maximum Gasteiger partial charge on any atom is 0.305 e. The Kier molecular flexibility index (Phi) is 13.3. The van der Waals surface area contributed by atoms with Gasteiger partial charge in [-0.1, -0.05) is 55.5 Å². The summed E-state index contributed by atoms with van der Waals surface area (Å²) in [5, 5.41) is 0. The molecule has 0 radical (unpaired) electrons. The Morgan fingerprint density at radius 1 is 0.842 bits per heavy atom. The molecule has 0 fully saturated rings. The second-order valence-corrected chi connectivity index (χ2v) is 4.12. The van der Waals surface area contributed by atoms with Crippen molar-refractivity contribution in [2.24, 2.45) is 0 Å². The van der Waals surface area contributed by atoms with Crippen molar-refractivity contribution < 1.29 is 9.53 Å². The Labute approximate surface area is 117 Å². The third-order valence-electron chi connectivity index (χ3n) is 2.46. The predicted molar refractivity (Wildman–Crippen MR) is 82.0 cm³/mol. The van der Waals surface area contributed by atoms with E-state index in [2.05, 4.69) is 54.2 Å². The monoisotopic (exact) mass is 262 g/mol. The maximum absolute atomic E-state index is 10.8. The van der Waals surface area contributed by atoms with Crippen molar-refractivity contribution in [3.05, 3.63) is 48.6 Å². The maximum atomic E-state index is 10.8. The van der Waals surface area contributed by atoms with E-state index >= 15 is 0 Å². The average molecular weight is 262 g/mol. The molecule has 0 bridgehead atoms. The van der Waals surface area contributed by atoms with Gasteiger partial charge in [0.1, 0.15) is 0 Å². The summed E-state index contributed by atoms with van der Waals surface area (Å²) in [5.41, 5.74) is 0. The van der Waals surface area contributed by atoms with Gasteiger partial charge >= 0.3 is 5.97 Å². The molecule has 0 amide bonds. The molecule has 2 heteroatoms. The number of carbonyl (C=O) groups is 1. The van der Waals surface area contributed by atoms with Crippen LogP contribution in [0.3, 0.4) is 0 Å². The number of allylic oxidation sites excluding steroid dienone is 8. The van der Waals surface area contributed by atoms with Crippen molar-refractivity contribution in [2.75, 3.05) is 7.11 Å². The molecule has 0 aromatic carbocycles. The first-order chi connectivity index (χ1) is 9.31. The lowest BCUT2D eigenvalue weighted by Crippen LogP contribution is -1.97. The van der Waals surface area contributed by atoms with E-state index < -0.39 is 0 Å². The van der Waals surface area contributed by atoms with E-state index in [4.69, 9.17) is 0 Å². The Morgan fingerprint density at radius 2 is 1.32 bits per heavy atom. The van der Waals surface area contributed by atoms with Crippen LogP contribution in [-0.2, 0) is 9.53 Å². The van der Waals surface area contributed by atoms with Gasteiger partial charge in [0.2, 0.25) is 0 Å². The van der Waals surface area contributed by atoms with Crippen LogP contribution in [0.2, 0.25) is 0 Å². The standard InChI is InChI=1S/C17H26O2/c1-3-4-5-6-7-8-9-10-11-12-13-14-15-16-17(18)19-2/h4-5,7-8,10-11,13-14H,3,6,9,12,15-16H2,1-2H3. The van der Waals surface area contributed by atoms with Gasteiger partial charge in [-0.15, -0.1) is 0 Å². The van der Waals surface area contributed by atoms with E-state index in [1.54, 1.807) is 0 Å². The number of methoxy groups -OCH3 is 1. The molecule has 0 aromatic rings. The summed E-state index contributed by atoms with van der Waals surface area (Å²) in [7, 11) is 1.42. The van der Waals surface area contributed by atoms with Gasteiger partial charge < -0.3 is 4.74 Å². The van der Waals surface area contributed by atoms with Crippen LogP contribution in [0.5, 0.6) is 0 Å². The topological polar surface area (TPSA) is 26.3 Å². The predicted octanol–water partition coefficient (Wildman–Crippen LogP) is 4.74. The molecule has 0 aliphatic carbocycles. The van der Waals surface area contributed by atoms with Crippen molar-refractivity contribution in [1.82, 2.24) is 0 Å². The molecular weight excluding hydrogens is 236 g/mol. The summed E-state index contributed by atoms with van der Waals surface area (Å²) < 4.78 is 4.56. The first kappa shape index (κ1) is 17.4. The molecule has 0 aromatic heterocycles. The molecule has 0 aliphatic heterocycles. The van der Waals surface area contributed by atoms with Gasteiger partial charge in [0.25, 0.3) is 0 Å². The van der Waals surface area contributed by atoms with E-state index in [0.29, 0.717) is 6.42 Å². The highest BCUT2D eigenvalue weighted by atomic mass is 16.5. The zero-order valence-electron chi connectivity index (χ0n) is 12.2. The highest BCUT2D eigenvalue weighted by Gasteiger charge is 1.94. The normalized spacial score (nSPS) is 12.3. The molecule has 0 atom stereocenters. The van der Waals surface area contributed by atoms with Crippen LogP contribution >= 0.6 is 0 Å². The highest BCUT2D eigenvalue weighted by Crippen LogP contribution is 1.97. The molecule has 0 spiro atoms. The van der Waals surface area contributed by atoms with Gasteiger partial charge in [-0.3, -0.25) is 4.79 Å². The molecule has 0 heterocycles. The molecule has 19 heavy (non-hydrogen) atoms. The van der Waals surface area contributed by atoms with Crippen molar-refractivity contribution >= 4 is 5.97 Å². The van der Waals surface area contributed by atoms with Crippen LogP contribution in [0.4, 0.5) is 0 Å². The van der Waals surface area contributed by atoms with Crippen LogP contribution < -0.4 is 0 Å². The summed E-state index contributed by atoms with van der Waals surface area (Å²) in [4.78, 5) is 10.8. The summed E-state index contributed by atoms with van der Waals surface area (Å²) in [6.07, 6.45) is 22.4. The fourth-order valence-electron chi connectivity index (χ4n) is 1.40. The minimum Gasteiger partial charge on any atom is -0.469 e. The number of carbonyl (C=O) groups excluding carboxylic acids is 1. The fraction of sp³-hybridized carbons (Fsp3) is 0.471. The summed E-state index contributed by atoms with van der Waals surface area (Å²) >= 11 is 0. The van der Waals surface area contributed by atoms with Crippen molar-refractivity contribution in [3.63, 3.8) is 0 Å². The number of rotatable bonds is 10. The number of hydrogen-bond donors (Lipinski definition) is 0. The summed E-state index contributed by atoms with van der Waals surface area (Å²) in [6, 6.07) is 0. The Balaban J connectivity index is 3.45. The molecule has 0 aliphatic rings. The molecule has 0 unspecified atom stereocenters. The van der Waals surface area contributed by atoms with E-state index in [1.807, 2.05) is 6.08 Å². The molecule has 2 nitrogen and oxygen atoms in total. The van der Waals surface area contributed by atoms with Crippen molar-refractivity contribution in [3.8, 4) is 0 Å². The average Bonchev–Trinajstić information content (AvgIpc) is 2.43. The van der Waals surface area contributed by atoms with Crippen LogP contribution in [0.15, 0.2) is 48.6 Å². The summed E-state index contributed by atoms with van der Waals surface area (Å²) in [6.45, 7) is 2.14. The van der Waals surface area contributed by atoms with E-state index in [9.17, 15) is 4.79 Å². The van der Waals surface area contributed by atoms with Crippen LogP contribution in [0, 0.1) is 0 Å².